The average Bonchev–Trinajstić information content (AvgIpc) is 2.87. The van der Waals surface area contributed by atoms with Crippen LogP contribution < -0.4 is 5.32 Å². The number of thiophene rings is 1. The number of nitrogens with one attached hydrogen (secondary N) is 1. The van der Waals surface area contributed by atoms with Crippen LogP contribution in [0.4, 0.5) is 4.79 Å². The number of amides is 3. The summed E-state index contributed by atoms with van der Waals surface area (Å²) in [5.41, 5.74) is 0.990. The zero-order valence-electron chi connectivity index (χ0n) is 12.2. The lowest BCUT2D eigenvalue weighted by Gasteiger charge is -2.41. The maximum Gasteiger partial charge on any atom is 0.407 e. The van der Waals surface area contributed by atoms with E-state index in [4.69, 9.17) is 5.11 Å². The lowest BCUT2D eigenvalue weighted by molar-refractivity contribution is -0.141. The van der Waals surface area contributed by atoms with E-state index in [-0.39, 0.29) is 11.8 Å². The smallest absolute Gasteiger partial charge is 0.407 e. The highest BCUT2D eigenvalue weighted by atomic mass is 32.1. The van der Waals surface area contributed by atoms with Crippen LogP contribution in [0, 0.1) is 0 Å². The van der Waals surface area contributed by atoms with Gasteiger partial charge in [-0.25, -0.2) is 4.79 Å². The Balaban J connectivity index is 1.71. The summed E-state index contributed by atoms with van der Waals surface area (Å²) in [5, 5.41) is 11.6. The lowest BCUT2D eigenvalue weighted by atomic mass is 10.0. The van der Waals surface area contributed by atoms with Gasteiger partial charge in [-0.3, -0.25) is 14.5 Å². The zero-order valence-corrected chi connectivity index (χ0v) is 13.0. The maximum absolute atomic E-state index is 12.4. The molecule has 1 aromatic heterocycles. The van der Waals surface area contributed by atoms with Gasteiger partial charge in [0.25, 0.3) is 5.91 Å². The van der Waals surface area contributed by atoms with Crippen LogP contribution in [0.3, 0.4) is 0 Å². The SMILES string of the molecule is CNC(=O)c1cc2c(s1)CCN(C(=O)C1CCN1C(=O)O)C2. The van der Waals surface area contributed by atoms with Crippen LogP contribution in [0.1, 0.15) is 26.5 Å². The molecule has 0 spiro atoms. The fourth-order valence-corrected chi connectivity index (χ4v) is 3.95. The van der Waals surface area contributed by atoms with Crippen molar-refractivity contribution in [1.82, 2.24) is 15.1 Å². The van der Waals surface area contributed by atoms with Crippen molar-refractivity contribution in [3.63, 3.8) is 0 Å². The minimum absolute atomic E-state index is 0.117. The van der Waals surface area contributed by atoms with Crippen molar-refractivity contribution in [2.45, 2.75) is 25.4 Å². The molecule has 22 heavy (non-hydrogen) atoms. The largest absolute Gasteiger partial charge is 0.465 e. The molecule has 0 aliphatic carbocycles. The molecule has 3 amide bonds. The molecule has 1 aromatic rings. The van der Waals surface area contributed by atoms with Crippen molar-refractivity contribution in [1.29, 1.82) is 0 Å². The third kappa shape index (κ3) is 2.43. The van der Waals surface area contributed by atoms with Gasteiger partial charge in [0.1, 0.15) is 6.04 Å². The number of likely N-dealkylation sites (tertiary alicyclic amines) is 1. The molecule has 2 aliphatic heterocycles. The summed E-state index contributed by atoms with van der Waals surface area (Å²) in [7, 11) is 1.59. The molecule has 7 nitrogen and oxygen atoms in total. The lowest BCUT2D eigenvalue weighted by Crippen LogP contribution is -2.59. The second-order valence-corrected chi connectivity index (χ2v) is 6.57. The van der Waals surface area contributed by atoms with E-state index in [1.165, 1.54) is 16.2 Å². The Morgan fingerprint density at radius 2 is 2.14 bits per heavy atom. The molecule has 3 rings (SSSR count). The zero-order chi connectivity index (χ0) is 15.9. The molecule has 3 heterocycles. The Labute approximate surface area is 131 Å². The summed E-state index contributed by atoms with van der Waals surface area (Å²) in [6.45, 7) is 1.44. The number of carboxylic acid groups (broad SMARTS) is 1. The van der Waals surface area contributed by atoms with Crippen LogP contribution >= 0.6 is 11.3 Å². The van der Waals surface area contributed by atoms with E-state index >= 15 is 0 Å². The maximum atomic E-state index is 12.4. The normalized spacial score (nSPS) is 20.1. The first-order chi connectivity index (χ1) is 10.5. The van der Waals surface area contributed by atoms with Gasteiger partial charge in [0.15, 0.2) is 0 Å². The molecule has 1 saturated heterocycles. The Morgan fingerprint density at radius 3 is 2.73 bits per heavy atom. The molecular formula is C14H17N3O4S. The number of fused-ring (bicyclic) bond motifs is 1. The Bertz CT molecular complexity index is 642. The van der Waals surface area contributed by atoms with Crippen LogP contribution in [-0.4, -0.2) is 59.0 Å². The van der Waals surface area contributed by atoms with Crippen molar-refractivity contribution in [3.8, 4) is 0 Å². The summed E-state index contributed by atoms with van der Waals surface area (Å²) in [4.78, 5) is 39.8. The molecule has 0 saturated carbocycles. The van der Waals surface area contributed by atoms with Gasteiger partial charge in [0, 0.05) is 31.6 Å². The summed E-state index contributed by atoms with van der Waals surface area (Å²) < 4.78 is 0. The number of carbonyl (C=O) groups is 3. The minimum Gasteiger partial charge on any atom is -0.465 e. The van der Waals surface area contributed by atoms with Crippen LogP contribution in [0.5, 0.6) is 0 Å². The Kier molecular flexibility index (Phi) is 3.78. The fraction of sp³-hybridized carbons (Fsp3) is 0.500. The quantitative estimate of drug-likeness (QED) is 0.840. The fourth-order valence-electron chi connectivity index (χ4n) is 2.84. The summed E-state index contributed by atoms with van der Waals surface area (Å²) in [5.74, 6) is -0.250. The second kappa shape index (κ2) is 5.60. The third-order valence-electron chi connectivity index (χ3n) is 4.18. The molecule has 1 fully saturated rings. The highest BCUT2D eigenvalue weighted by molar-refractivity contribution is 7.14. The van der Waals surface area contributed by atoms with Gasteiger partial charge in [0.2, 0.25) is 5.91 Å². The van der Waals surface area contributed by atoms with Crippen LogP contribution in [0.15, 0.2) is 6.07 Å². The van der Waals surface area contributed by atoms with E-state index in [1.807, 2.05) is 6.07 Å². The highest BCUT2D eigenvalue weighted by Gasteiger charge is 2.40. The van der Waals surface area contributed by atoms with Crippen molar-refractivity contribution in [3.05, 3.63) is 21.4 Å². The number of hydrogen-bond donors (Lipinski definition) is 2. The van der Waals surface area contributed by atoms with E-state index in [0.29, 0.717) is 37.4 Å². The number of rotatable bonds is 2. The number of hydrogen-bond acceptors (Lipinski definition) is 4. The number of carbonyl (C=O) groups excluding carboxylic acids is 2. The van der Waals surface area contributed by atoms with Gasteiger partial charge in [-0.2, -0.15) is 0 Å². The third-order valence-corrected chi connectivity index (χ3v) is 5.42. The molecule has 0 bridgehead atoms. The van der Waals surface area contributed by atoms with Crippen molar-refractivity contribution >= 4 is 29.2 Å². The van der Waals surface area contributed by atoms with Crippen LogP contribution in [-0.2, 0) is 17.8 Å². The molecule has 0 aromatic carbocycles. The number of nitrogens with zero attached hydrogens (tertiary/aromatic N) is 2. The molecule has 1 atom stereocenters. The summed E-state index contributed by atoms with van der Waals surface area (Å²) in [6, 6.07) is 1.28. The average molecular weight is 323 g/mol. The first-order valence-electron chi connectivity index (χ1n) is 7.13. The van der Waals surface area contributed by atoms with Gasteiger partial charge in [-0.15, -0.1) is 11.3 Å². The first-order valence-corrected chi connectivity index (χ1v) is 7.95. The van der Waals surface area contributed by atoms with Crippen LogP contribution in [0.2, 0.25) is 0 Å². The van der Waals surface area contributed by atoms with Gasteiger partial charge in [-0.05, 0) is 24.5 Å². The molecule has 2 aliphatic rings. The standard InChI is InChI=1S/C14H17N3O4S/c1-15-12(18)11-6-8-7-16(4-3-10(8)22-11)13(19)9-2-5-17(9)14(20)21/h6,9H,2-5,7H2,1H3,(H,15,18)(H,20,21). The predicted molar refractivity (Wildman–Crippen MR) is 80.0 cm³/mol. The monoisotopic (exact) mass is 323 g/mol. The van der Waals surface area contributed by atoms with E-state index < -0.39 is 12.1 Å². The topological polar surface area (TPSA) is 90.0 Å². The second-order valence-electron chi connectivity index (χ2n) is 5.43. The van der Waals surface area contributed by atoms with Crippen molar-refractivity contribution < 1.29 is 19.5 Å². The van der Waals surface area contributed by atoms with E-state index in [9.17, 15) is 14.4 Å². The van der Waals surface area contributed by atoms with Crippen molar-refractivity contribution in [2.24, 2.45) is 0 Å². The molecule has 1 unspecified atom stereocenters. The Morgan fingerprint density at radius 1 is 1.36 bits per heavy atom. The minimum atomic E-state index is -1.04. The van der Waals surface area contributed by atoms with Crippen LogP contribution in [0.25, 0.3) is 0 Å². The highest BCUT2D eigenvalue weighted by Crippen LogP contribution is 2.30. The molecule has 8 heteroatoms. The Hall–Kier alpha value is -2.09. The first kappa shape index (κ1) is 14.8. The van der Waals surface area contributed by atoms with E-state index in [2.05, 4.69) is 5.32 Å². The van der Waals surface area contributed by atoms with E-state index in [1.54, 1.807) is 11.9 Å². The molecule has 0 radical (unpaired) electrons. The molecule has 2 N–H and O–H groups in total. The van der Waals surface area contributed by atoms with Gasteiger partial charge >= 0.3 is 6.09 Å². The van der Waals surface area contributed by atoms with Gasteiger partial charge in [0.05, 0.1) is 4.88 Å². The van der Waals surface area contributed by atoms with Crippen molar-refractivity contribution in [2.75, 3.05) is 20.1 Å². The molecular weight excluding hydrogens is 306 g/mol. The van der Waals surface area contributed by atoms with E-state index in [0.717, 1.165) is 10.4 Å². The molecule has 118 valence electrons. The predicted octanol–water partition coefficient (Wildman–Crippen LogP) is 0.745. The van der Waals surface area contributed by atoms with Gasteiger partial charge in [-0.1, -0.05) is 0 Å². The summed E-state index contributed by atoms with van der Waals surface area (Å²) >= 11 is 1.46. The van der Waals surface area contributed by atoms with Gasteiger partial charge < -0.3 is 15.3 Å². The summed E-state index contributed by atoms with van der Waals surface area (Å²) in [6.07, 6.45) is 0.254.